The lowest BCUT2D eigenvalue weighted by molar-refractivity contribution is -0.150. The summed E-state index contributed by atoms with van der Waals surface area (Å²) in [5.41, 5.74) is 7.13. The van der Waals surface area contributed by atoms with Gasteiger partial charge in [0.25, 0.3) is 0 Å². The van der Waals surface area contributed by atoms with Gasteiger partial charge in [-0.15, -0.1) is 0 Å². The molecule has 4 N–H and O–H groups in total. The molecule has 1 aromatic rings. The highest BCUT2D eigenvalue weighted by atomic mass is 32.7. The fraction of sp³-hybridized carbons (Fsp3) is 0.640. The molecule has 1 aliphatic carbocycles. The number of carboxylic acids is 1. The van der Waals surface area contributed by atoms with Gasteiger partial charge in [-0.3, -0.25) is 9.59 Å². The van der Waals surface area contributed by atoms with E-state index in [0.717, 1.165) is 51.4 Å². The van der Waals surface area contributed by atoms with Crippen LogP contribution in [-0.2, 0) is 20.8 Å². The highest BCUT2D eigenvalue weighted by molar-refractivity contribution is 8.54. The Hall–Kier alpha value is -1.63. The average Bonchev–Trinajstić information content (AvgIpc) is 3.32. The smallest absolute Gasteiger partial charge is 0.326 e. The zero-order valence-electron chi connectivity index (χ0n) is 20.1. The van der Waals surface area contributed by atoms with Crippen molar-refractivity contribution < 1.29 is 19.5 Å². The van der Waals surface area contributed by atoms with Gasteiger partial charge in [-0.1, -0.05) is 42.8 Å². The molecule has 3 atom stereocenters. The van der Waals surface area contributed by atoms with Crippen LogP contribution in [0.25, 0.3) is 0 Å². The van der Waals surface area contributed by atoms with E-state index in [9.17, 15) is 19.5 Å². The van der Waals surface area contributed by atoms with Crippen molar-refractivity contribution in [2.24, 2.45) is 11.4 Å². The maximum atomic E-state index is 13.3. The SMILES string of the molecule is CP(N)Sc1ccc(CCCCC(=O)NC(C(=O)N2CCCC2C(=O)O)C2CCCCC2)cc1. The molecule has 0 spiro atoms. The third-order valence-corrected chi connectivity index (χ3v) is 9.08. The van der Waals surface area contributed by atoms with Gasteiger partial charge >= 0.3 is 5.97 Å². The number of amides is 2. The molecule has 3 unspecified atom stereocenters. The lowest BCUT2D eigenvalue weighted by Crippen LogP contribution is -2.55. The molecule has 3 rings (SSSR count). The van der Waals surface area contributed by atoms with E-state index in [-0.39, 0.29) is 17.7 Å². The highest BCUT2D eigenvalue weighted by Gasteiger charge is 2.40. The van der Waals surface area contributed by atoms with Crippen LogP contribution in [-0.4, -0.2) is 53.1 Å². The summed E-state index contributed by atoms with van der Waals surface area (Å²) in [4.78, 5) is 40.4. The Kier molecular flexibility index (Phi) is 10.7. The normalized spacial score (nSPS) is 20.6. The second-order valence-electron chi connectivity index (χ2n) is 9.46. The van der Waals surface area contributed by atoms with Gasteiger partial charge in [0.15, 0.2) is 0 Å². The van der Waals surface area contributed by atoms with Gasteiger partial charge in [0.1, 0.15) is 12.1 Å². The summed E-state index contributed by atoms with van der Waals surface area (Å²) in [6.45, 7) is 2.48. The monoisotopic (exact) mass is 507 g/mol. The highest BCUT2D eigenvalue weighted by Crippen LogP contribution is 2.43. The second-order valence-corrected chi connectivity index (χ2v) is 13.5. The van der Waals surface area contributed by atoms with Gasteiger partial charge < -0.3 is 20.8 Å². The number of carboxylic acid groups (broad SMARTS) is 1. The van der Waals surface area contributed by atoms with Gasteiger partial charge in [0.2, 0.25) is 11.8 Å². The van der Waals surface area contributed by atoms with E-state index in [1.807, 2.05) is 6.66 Å². The van der Waals surface area contributed by atoms with Crippen LogP contribution in [0.2, 0.25) is 0 Å². The number of rotatable bonds is 11. The van der Waals surface area contributed by atoms with Gasteiger partial charge in [-0.05, 0) is 75.2 Å². The largest absolute Gasteiger partial charge is 0.480 e. The summed E-state index contributed by atoms with van der Waals surface area (Å²) in [5.74, 6) is -1.18. The number of nitrogens with one attached hydrogen (secondary N) is 1. The Morgan fingerprint density at radius 2 is 1.82 bits per heavy atom. The van der Waals surface area contributed by atoms with Crippen LogP contribution in [0.15, 0.2) is 29.2 Å². The zero-order chi connectivity index (χ0) is 24.5. The molecule has 1 heterocycles. The molecule has 9 heteroatoms. The number of hydrogen-bond donors (Lipinski definition) is 3. The van der Waals surface area contributed by atoms with E-state index >= 15 is 0 Å². The number of carbonyl (C=O) groups excluding carboxylic acids is 2. The minimum atomic E-state index is -0.954. The molecule has 34 heavy (non-hydrogen) atoms. The predicted octanol–water partition coefficient (Wildman–Crippen LogP) is 4.53. The lowest BCUT2D eigenvalue weighted by Gasteiger charge is -2.34. The fourth-order valence-electron chi connectivity index (χ4n) is 5.06. The molecule has 2 fully saturated rings. The minimum Gasteiger partial charge on any atom is -0.480 e. The Labute approximate surface area is 208 Å². The van der Waals surface area contributed by atoms with Crippen molar-refractivity contribution in [2.75, 3.05) is 13.2 Å². The van der Waals surface area contributed by atoms with Crippen LogP contribution in [0.4, 0.5) is 0 Å². The van der Waals surface area contributed by atoms with Crippen molar-refractivity contribution in [3.63, 3.8) is 0 Å². The van der Waals surface area contributed by atoms with Crippen LogP contribution in [0.1, 0.15) is 69.8 Å². The first-order chi connectivity index (χ1) is 16.3. The van der Waals surface area contributed by atoms with Gasteiger partial charge in [0.05, 0.1) is 0 Å². The number of unbranched alkanes of at least 4 members (excludes halogenated alkanes) is 1. The quantitative estimate of drug-likeness (QED) is 0.300. The Morgan fingerprint density at radius 3 is 2.47 bits per heavy atom. The topological polar surface area (TPSA) is 113 Å². The molecule has 2 aliphatic rings. The lowest BCUT2D eigenvalue weighted by atomic mass is 9.83. The van der Waals surface area contributed by atoms with Crippen LogP contribution >= 0.6 is 18.7 Å². The zero-order valence-corrected chi connectivity index (χ0v) is 21.8. The van der Waals surface area contributed by atoms with Gasteiger partial charge in [0, 0.05) is 25.1 Å². The maximum Gasteiger partial charge on any atom is 0.326 e. The fourth-order valence-corrected chi connectivity index (χ4v) is 7.01. The Balaban J connectivity index is 1.50. The summed E-state index contributed by atoms with van der Waals surface area (Å²) < 4.78 is 0. The first-order valence-electron chi connectivity index (χ1n) is 12.4. The van der Waals surface area contributed by atoms with E-state index in [4.69, 9.17) is 5.50 Å². The number of aliphatic carboxylic acids is 1. The van der Waals surface area contributed by atoms with Crippen LogP contribution in [0, 0.1) is 5.92 Å². The van der Waals surface area contributed by atoms with Crippen molar-refractivity contribution >= 4 is 36.4 Å². The molecule has 2 amide bonds. The van der Waals surface area contributed by atoms with Crippen molar-refractivity contribution in [1.29, 1.82) is 0 Å². The van der Waals surface area contributed by atoms with Crippen molar-refractivity contribution in [3.8, 4) is 0 Å². The summed E-state index contributed by atoms with van der Waals surface area (Å²) in [6.07, 6.45) is 9.16. The standard InChI is InChI=1S/C25H38N3O4PS/c1-33(26)34-20-15-13-18(14-16-20)8-5-6-12-22(29)27-23(19-9-3-2-4-10-19)24(30)28-17-7-11-21(28)25(31)32/h13-16,19,21,23H,2-12,17,26H2,1H3,(H,27,29)(H,31,32). The number of hydrogen-bond acceptors (Lipinski definition) is 5. The molecular formula is C25H38N3O4PS. The minimum absolute atomic E-state index is 0.0919. The molecule has 0 bridgehead atoms. The number of benzene rings is 1. The van der Waals surface area contributed by atoms with Crippen LogP contribution in [0.5, 0.6) is 0 Å². The van der Waals surface area contributed by atoms with Crippen LogP contribution < -0.4 is 10.8 Å². The van der Waals surface area contributed by atoms with E-state index < -0.39 is 25.3 Å². The summed E-state index contributed by atoms with van der Waals surface area (Å²) in [6, 6.07) is 7.06. The molecule has 1 saturated carbocycles. The van der Waals surface area contributed by atoms with Crippen molar-refractivity contribution in [3.05, 3.63) is 29.8 Å². The molecule has 0 radical (unpaired) electrons. The summed E-state index contributed by atoms with van der Waals surface area (Å²) in [5, 5.41) is 12.5. The Morgan fingerprint density at radius 1 is 1.12 bits per heavy atom. The third-order valence-electron chi connectivity index (χ3n) is 6.82. The molecular weight excluding hydrogens is 469 g/mol. The molecule has 7 nitrogen and oxygen atoms in total. The second kappa shape index (κ2) is 13.5. The average molecular weight is 508 g/mol. The summed E-state index contributed by atoms with van der Waals surface area (Å²) >= 11 is 1.70. The number of likely N-dealkylation sites (tertiary alicyclic amines) is 1. The number of nitrogens with zero attached hydrogens (tertiary/aromatic N) is 1. The van der Waals surface area contributed by atoms with E-state index in [1.54, 1.807) is 11.4 Å². The number of aryl methyl sites for hydroxylation is 1. The van der Waals surface area contributed by atoms with Gasteiger partial charge in [-0.2, -0.15) is 0 Å². The number of carbonyl (C=O) groups is 3. The molecule has 0 aromatic heterocycles. The Bertz CT molecular complexity index is 830. The summed E-state index contributed by atoms with van der Waals surface area (Å²) in [7, 11) is -0.518. The predicted molar refractivity (Wildman–Crippen MR) is 138 cm³/mol. The molecule has 1 saturated heterocycles. The van der Waals surface area contributed by atoms with Gasteiger partial charge in [-0.25, -0.2) is 4.79 Å². The number of nitrogens with two attached hydrogens (primary N) is 1. The van der Waals surface area contributed by atoms with E-state index in [2.05, 4.69) is 29.6 Å². The van der Waals surface area contributed by atoms with E-state index in [1.165, 1.54) is 15.4 Å². The molecule has 188 valence electrons. The molecule has 1 aromatic carbocycles. The third kappa shape index (κ3) is 7.96. The molecule has 1 aliphatic heterocycles. The van der Waals surface area contributed by atoms with Crippen LogP contribution in [0.3, 0.4) is 0 Å². The first-order valence-corrected chi connectivity index (χ1v) is 15.7. The first kappa shape index (κ1) is 27.0. The maximum absolute atomic E-state index is 13.3. The van der Waals surface area contributed by atoms with Crippen molar-refractivity contribution in [1.82, 2.24) is 10.2 Å². The van der Waals surface area contributed by atoms with E-state index in [0.29, 0.717) is 25.8 Å². The van der Waals surface area contributed by atoms with Crippen molar-refractivity contribution in [2.45, 2.75) is 87.6 Å².